The van der Waals surface area contributed by atoms with Gasteiger partial charge in [-0.1, -0.05) is 12.1 Å². The van der Waals surface area contributed by atoms with Crippen LogP contribution < -0.4 is 15.8 Å². The lowest BCUT2D eigenvalue weighted by molar-refractivity contribution is 0.0229. The van der Waals surface area contributed by atoms with Gasteiger partial charge < -0.3 is 15.3 Å². The Labute approximate surface area is 194 Å². The number of nitriles is 1. The van der Waals surface area contributed by atoms with E-state index in [9.17, 15) is 28.7 Å². The SMILES string of the molecule is Cc1cc([C@@H](C)Nc2ccccc2C(=O)O)c2nc(N3CC(F)(F)CC3C)c(C#N)c(=O)n2c1. The highest BCUT2D eigenvalue weighted by Crippen LogP contribution is 2.36. The van der Waals surface area contributed by atoms with Crippen LogP contribution in [0.25, 0.3) is 5.65 Å². The highest BCUT2D eigenvalue weighted by molar-refractivity contribution is 5.94. The third kappa shape index (κ3) is 4.05. The van der Waals surface area contributed by atoms with Gasteiger partial charge >= 0.3 is 5.97 Å². The minimum atomic E-state index is -2.95. The number of aryl methyl sites for hydroxylation is 1. The molecule has 1 aliphatic heterocycles. The van der Waals surface area contributed by atoms with E-state index in [1.54, 1.807) is 51.2 Å². The highest BCUT2D eigenvalue weighted by atomic mass is 19.3. The highest BCUT2D eigenvalue weighted by Gasteiger charge is 2.44. The lowest BCUT2D eigenvalue weighted by Gasteiger charge is -2.24. The number of carbonyl (C=O) groups is 1. The van der Waals surface area contributed by atoms with Gasteiger partial charge in [-0.25, -0.2) is 18.6 Å². The lowest BCUT2D eigenvalue weighted by atomic mass is 10.1. The summed E-state index contributed by atoms with van der Waals surface area (Å²) in [4.78, 5) is 30.7. The van der Waals surface area contributed by atoms with Gasteiger partial charge in [0.05, 0.1) is 18.2 Å². The minimum absolute atomic E-state index is 0.0691. The molecule has 2 N–H and O–H groups in total. The summed E-state index contributed by atoms with van der Waals surface area (Å²) in [5.74, 6) is -4.12. The number of hydrogen-bond acceptors (Lipinski definition) is 6. The first kappa shape index (κ1) is 23.2. The normalized spacial score (nSPS) is 18.0. The summed E-state index contributed by atoms with van der Waals surface area (Å²) in [5, 5.41) is 22.3. The van der Waals surface area contributed by atoms with Gasteiger partial charge in [0.15, 0.2) is 11.4 Å². The van der Waals surface area contributed by atoms with Crippen molar-refractivity contribution in [3.05, 3.63) is 69.1 Å². The van der Waals surface area contributed by atoms with Crippen molar-refractivity contribution in [3.63, 3.8) is 0 Å². The van der Waals surface area contributed by atoms with E-state index in [4.69, 9.17) is 0 Å². The average Bonchev–Trinajstić information content (AvgIpc) is 3.05. The van der Waals surface area contributed by atoms with E-state index in [0.29, 0.717) is 16.8 Å². The molecule has 34 heavy (non-hydrogen) atoms. The van der Waals surface area contributed by atoms with Crippen molar-refractivity contribution in [3.8, 4) is 6.07 Å². The van der Waals surface area contributed by atoms with Crippen molar-refractivity contribution in [1.82, 2.24) is 9.38 Å². The quantitative estimate of drug-likeness (QED) is 0.584. The van der Waals surface area contributed by atoms with Crippen molar-refractivity contribution in [2.24, 2.45) is 0 Å². The Balaban J connectivity index is 1.89. The Morgan fingerprint density at radius 1 is 1.38 bits per heavy atom. The molecule has 1 aromatic carbocycles. The van der Waals surface area contributed by atoms with Crippen molar-refractivity contribution in [2.45, 2.75) is 45.2 Å². The number of anilines is 2. The number of carboxylic acid groups (broad SMARTS) is 1. The summed E-state index contributed by atoms with van der Waals surface area (Å²) in [6, 6.07) is 8.95. The topological polar surface area (TPSA) is 111 Å². The first-order chi connectivity index (χ1) is 16.0. The number of rotatable bonds is 5. The zero-order valence-corrected chi connectivity index (χ0v) is 18.8. The fraction of sp³-hybridized carbons (Fsp3) is 0.333. The zero-order valence-electron chi connectivity index (χ0n) is 18.8. The number of halogens is 2. The first-order valence-corrected chi connectivity index (χ1v) is 10.7. The summed E-state index contributed by atoms with van der Waals surface area (Å²) in [6.45, 7) is 4.53. The summed E-state index contributed by atoms with van der Waals surface area (Å²) in [5.41, 5.74) is 0.998. The van der Waals surface area contributed by atoms with Crippen LogP contribution in [0.15, 0.2) is 41.3 Å². The monoisotopic (exact) mass is 467 g/mol. The molecule has 1 aliphatic rings. The Morgan fingerprint density at radius 3 is 2.71 bits per heavy atom. The molecule has 1 unspecified atom stereocenters. The van der Waals surface area contributed by atoms with E-state index >= 15 is 0 Å². The molecule has 2 aromatic heterocycles. The van der Waals surface area contributed by atoms with Crippen LogP contribution >= 0.6 is 0 Å². The van der Waals surface area contributed by atoms with Gasteiger partial charge in [0.1, 0.15) is 11.7 Å². The predicted octanol–water partition coefficient (Wildman–Crippen LogP) is 3.98. The molecule has 176 valence electrons. The maximum Gasteiger partial charge on any atom is 0.337 e. The standard InChI is InChI=1S/C24H23F2N5O3/c1-13-8-17(15(3)28-19-7-5-4-6-16(19)23(33)34)20-29-21(18(10-27)22(32)30(20)11-13)31-12-24(25,26)9-14(31)2/h4-8,11,14-15,28H,9,12H2,1-3H3,(H,33,34)/t14?,15-/m1/s1. The molecule has 1 fully saturated rings. The van der Waals surface area contributed by atoms with Gasteiger partial charge in [0, 0.05) is 29.9 Å². The number of fused-ring (bicyclic) bond motifs is 1. The minimum Gasteiger partial charge on any atom is -0.478 e. The van der Waals surface area contributed by atoms with Crippen LogP contribution in [0.4, 0.5) is 20.3 Å². The van der Waals surface area contributed by atoms with Gasteiger partial charge in [-0.05, 0) is 44.5 Å². The van der Waals surface area contributed by atoms with Crippen LogP contribution in [0.3, 0.4) is 0 Å². The van der Waals surface area contributed by atoms with E-state index in [1.165, 1.54) is 15.4 Å². The zero-order chi connectivity index (χ0) is 24.8. The van der Waals surface area contributed by atoms with Crippen LogP contribution in [0.1, 0.15) is 53.4 Å². The second-order valence-corrected chi connectivity index (χ2v) is 8.65. The molecule has 0 radical (unpaired) electrons. The van der Waals surface area contributed by atoms with E-state index in [0.717, 1.165) is 0 Å². The number of nitrogens with zero attached hydrogens (tertiary/aromatic N) is 4. The van der Waals surface area contributed by atoms with Gasteiger partial charge in [-0.15, -0.1) is 0 Å². The molecule has 0 bridgehead atoms. The van der Waals surface area contributed by atoms with Crippen molar-refractivity contribution < 1.29 is 18.7 Å². The molecule has 10 heteroatoms. The maximum absolute atomic E-state index is 14.1. The second kappa shape index (κ2) is 8.41. The Hall–Kier alpha value is -4.00. The number of carboxylic acids is 1. The molecule has 1 saturated heterocycles. The largest absolute Gasteiger partial charge is 0.478 e. The van der Waals surface area contributed by atoms with Gasteiger partial charge in [0.2, 0.25) is 0 Å². The molecule has 0 saturated carbocycles. The van der Waals surface area contributed by atoms with Crippen LogP contribution in [0.5, 0.6) is 0 Å². The number of pyridine rings is 1. The second-order valence-electron chi connectivity index (χ2n) is 8.65. The number of para-hydroxylation sites is 1. The van der Waals surface area contributed by atoms with Crippen molar-refractivity contribution >= 4 is 23.1 Å². The van der Waals surface area contributed by atoms with Crippen molar-refractivity contribution in [2.75, 3.05) is 16.8 Å². The van der Waals surface area contributed by atoms with Crippen LogP contribution in [0.2, 0.25) is 0 Å². The van der Waals surface area contributed by atoms with Crippen LogP contribution in [-0.2, 0) is 0 Å². The lowest BCUT2D eigenvalue weighted by Crippen LogP contribution is -2.33. The summed E-state index contributed by atoms with van der Waals surface area (Å²) in [7, 11) is 0. The fourth-order valence-corrected chi connectivity index (χ4v) is 4.42. The molecular formula is C24H23F2N5O3. The Morgan fingerprint density at radius 2 is 2.09 bits per heavy atom. The molecule has 4 rings (SSSR count). The number of aromatic carboxylic acids is 1. The molecule has 2 atom stereocenters. The number of nitrogens with one attached hydrogen (secondary N) is 1. The molecule has 0 aliphatic carbocycles. The first-order valence-electron chi connectivity index (χ1n) is 10.7. The number of hydrogen-bond donors (Lipinski definition) is 2. The summed E-state index contributed by atoms with van der Waals surface area (Å²) < 4.78 is 29.4. The van der Waals surface area contributed by atoms with Crippen molar-refractivity contribution in [1.29, 1.82) is 5.26 Å². The van der Waals surface area contributed by atoms with Crippen LogP contribution in [0, 0.1) is 18.3 Å². The number of aromatic nitrogens is 2. The molecule has 8 nitrogen and oxygen atoms in total. The van der Waals surface area contributed by atoms with Gasteiger partial charge in [-0.2, -0.15) is 5.26 Å². The van der Waals surface area contributed by atoms with E-state index in [1.807, 2.05) is 6.07 Å². The van der Waals surface area contributed by atoms with Crippen LogP contribution in [-0.4, -0.2) is 39.0 Å². The molecule has 0 amide bonds. The predicted molar refractivity (Wildman–Crippen MR) is 123 cm³/mol. The molecule has 3 aromatic rings. The number of benzene rings is 1. The molecule has 0 spiro atoms. The van der Waals surface area contributed by atoms with Gasteiger partial charge in [-0.3, -0.25) is 9.20 Å². The third-order valence-electron chi connectivity index (χ3n) is 5.98. The summed E-state index contributed by atoms with van der Waals surface area (Å²) in [6.07, 6.45) is 1.14. The maximum atomic E-state index is 14.1. The smallest absolute Gasteiger partial charge is 0.337 e. The third-order valence-corrected chi connectivity index (χ3v) is 5.98. The van der Waals surface area contributed by atoms with Gasteiger partial charge in [0.25, 0.3) is 11.5 Å². The number of alkyl halides is 2. The Bertz CT molecular complexity index is 1400. The molecule has 3 heterocycles. The fourth-order valence-electron chi connectivity index (χ4n) is 4.42. The van der Waals surface area contributed by atoms with E-state index in [-0.39, 0.29) is 22.6 Å². The Kier molecular flexibility index (Phi) is 5.73. The summed E-state index contributed by atoms with van der Waals surface area (Å²) >= 11 is 0. The molecular weight excluding hydrogens is 444 g/mol. The van der Waals surface area contributed by atoms with E-state index in [2.05, 4.69) is 10.3 Å². The average molecular weight is 467 g/mol. The van der Waals surface area contributed by atoms with E-state index < -0.39 is 42.5 Å².